The lowest BCUT2D eigenvalue weighted by Crippen LogP contribution is -2.02. The van der Waals surface area contributed by atoms with Gasteiger partial charge in [0.15, 0.2) is 0 Å². The standard InChI is InChI=1S/C14H13NO4/c1-9-12(14(16)17)7-8-13(15-9)19-11-5-3-10(18-2)4-6-11/h3-8H,1-2H3,(H,16,17). The monoisotopic (exact) mass is 259 g/mol. The van der Waals surface area contributed by atoms with Crippen LogP contribution < -0.4 is 9.47 Å². The van der Waals surface area contributed by atoms with Gasteiger partial charge in [-0.1, -0.05) is 0 Å². The maximum atomic E-state index is 10.9. The predicted molar refractivity (Wildman–Crippen MR) is 69.0 cm³/mol. The molecule has 1 heterocycles. The zero-order valence-corrected chi connectivity index (χ0v) is 10.6. The summed E-state index contributed by atoms with van der Waals surface area (Å²) in [5, 5.41) is 8.91. The molecule has 0 atom stereocenters. The van der Waals surface area contributed by atoms with Crippen molar-refractivity contribution >= 4 is 5.97 Å². The number of carboxylic acids is 1. The third-order valence-electron chi connectivity index (χ3n) is 2.57. The van der Waals surface area contributed by atoms with Crippen LogP contribution in [0.4, 0.5) is 0 Å². The second kappa shape index (κ2) is 5.39. The molecular weight excluding hydrogens is 246 g/mol. The summed E-state index contributed by atoms with van der Waals surface area (Å²) in [5.41, 5.74) is 0.584. The fourth-order valence-electron chi connectivity index (χ4n) is 1.59. The van der Waals surface area contributed by atoms with E-state index < -0.39 is 5.97 Å². The van der Waals surface area contributed by atoms with Crippen LogP contribution in [0.1, 0.15) is 16.1 Å². The number of hydrogen-bond donors (Lipinski definition) is 1. The van der Waals surface area contributed by atoms with Crippen molar-refractivity contribution in [3.05, 3.63) is 47.7 Å². The third-order valence-corrected chi connectivity index (χ3v) is 2.57. The molecule has 2 rings (SSSR count). The van der Waals surface area contributed by atoms with Crippen molar-refractivity contribution in [3.63, 3.8) is 0 Å². The van der Waals surface area contributed by atoms with Gasteiger partial charge in [-0.3, -0.25) is 0 Å². The number of carbonyl (C=O) groups is 1. The van der Waals surface area contributed by atoms with Crippen LogP contribution in [-0.4, -0.2) is 23.2 Å². The number of carboxylic acid groups (broad SMARTS) is 1. The zero-order valence-electron chi connectivity index (χ0n) is 10.6. The maximum absolute atomic E-state index is 10.9. The van der Waals surface area contributed by atoms with E-state index in [0.29, 0.717) is 17.3 Å². The Morgan fingerprint density at radius 3 is 2.26 bits per heavy atom. The van der Waals surface area contributed by atoms with Crippen molar-refractivity contribution in [2.45, 2.75) is 6.92 Å². The van der Waals surface area contributed by atoms with E-state index in [4.69, 9.17) is 14.6 Å². The summed E-state index contributed by atoms with van der Waals surface area (Å²) in [7, 11) is 1.59. The number of aromatic nitrogens is 1. The number of nitrogens with zero attached hydrogens (tertiary/aromatic N) is 1. The maximum Gasteiger partial charge on any atom is 0.337 e. The highest BCUT2D eigenvalue weighted by molar-refractivity contribution is 5.88. The first-order valence-electron chi connectivity index (χ1n) is 5.63. The van der Waals surface area contributed by atoms with Crippen molar-refractivity contribution in [2.75, 3.05) is 7.11 Å². The minimum absolute atomic E-state index is 0.169. The van der Waals surface area contributed by atoms with E-state index in [1.807, 2.05) is 0 Å². The number of rotatable bonds is 4. The second-order valence-corrected chi connectivity index (χ2v) is 3.87. The number of aromatic carboxylic acids is 1. The van der Waals surface area contributed by atoms with Crippen LogP contribution >= 0.6 is 0 Å². The smallest absolute Gasteiger partial charge is 0.337 e. The van der Waals surface area contributed by atoms with Crippen molar-refractivity contribution < 1.29 is 19.4 Å². The molecule has 2 aromatic rings. The first-order valence-corrected chi connectivity index (χ1v) is 5.63. The van der Waals surface area contributed by atoms with Gasteiger partial charge in [0.05, 0.1) is 18.4 Å². The first-order chi connectivity index (χ1) is 9.10. The van der Waals surface area contributed by atoms with Crippen molar-refractivity contribution in [2.24, 2.45) is 0 Å². The lowest BCUT2D eigenvalue weighted by atomic mass is 10.2. The molecule has 19 heavy (non-hydrogen) atoms. The summed E-state index contributed by atoms with van der Waals surface area (Å²) in [4.78, 5) is 15.0. The summed E-state index contributed by atoms with van der Waals surface area (Å²) in [5.74, 6) is 0.696. The van der Waals surface area contributed by atoms with Crippen LogP contribution in [0.15, 0.2) is 36.4 Å². The SMILES string of the molecule is COc1ccc(Oc2ccc(C(=O)O)c(C)n2)cc1. The lowest BCUT2D eigenvalue weighted by molar-refractivity contribution is 0.0695. The molecule has 0 fully saturated rings. The minimum atomic E-state index is -0.999. The predicted octanol–water partition coefficient (Wildman–Crippen LogP) is 2.89. The summed E-state index contributed by atoms with van der Waals surface area (Å²) in [6.07, 6.45) is 0. The molecule has 98 valence electrons. The average molecular weight is 259 g/mol. The fourth-order valence-corrected chi connectivity index (χ4v) is 1.59. The molecule has 1 aromatic carbocycles. The topological polar surface area (TPSA) is 68.7 Å². The molecule has 0 aliphatic rings. The highest BCUT2D eigenvalue weighted by Crippen LogP contribution is 2.23. The van der Waals surface area contributed by atoms with Crippen LogP contribution in [0.2, 0.25) is 0 Å². The van der Waals surface area contributed by atoms with E-state index in [1.165, 1.54) is 12.1 Å². The normalized spacial score (nSPS) is 10.0. The van der Waals surface area contributed by atoms with Crippen LogP contribution in [0.25, 0.3) is 0 Å². The number of hydrogen-bond acceptors (Lipinski definition) is 4. The first kappa shape index (κ1) is 12.9. The lowest BCUT2D eigenvalue weighted by Gasteiger charge is -2.07. The van der Waals surface area contributed by atoms with E-state index in [1.54, 1.807) is 38.3 Å². The molecule has 0 saturated carbocycles. The molecule has 0 saturated heterocycles. The molecule has 1 aromatic heterocycles. The molecule has 5 nitrogen and oxygen atoms in total. The van der Waals surface area contributed by atoms with E-state index >= 15 is 0 Å². The van der Waals surface area contributed by atoms with E-state index in [0.717, 1.165) is 5.75 Å². The van der Waals surface area contributed by atoms with E-state index in [9.17, 15) is 4.79 Å². The average Bonchev–Trinajstić information content (AvgIpc) is 2.39. The van der Waals surface area contributed by atoms with Gasteiger partial charge in [0.2, 0.25) is 5.88 Å². The zero-order chi connectivity index (χ0) is 13.8. The summed E-state index contributed by atoms with van der Waals surface area (Å²) in [6.45, 7) is 1.63. The van der Waals surface area contributed by atoms with Gasteiger partial charge in [-0.2, -0.15) is 0 Å². The molecule has 0 aliphatic heterocycles. The molecule has 0 unspecified atom stereocenters. The van der Waals surface area contributed by atoms with E-state index in [-0.39, 0.29) is 5.56 Å². The quantitative estimate of drug-likeness (QED) is 0.914. The van der Waals surface area contributed by atoms with Gasteiger partial charge < -0.3 is 14.6 Å². The molecule has 5 heteroatoms. The number of pyridine rings is 1. The largest absolute Gasteiger partial charge is 0.497 e. The van der Waals surface area contributed by atoms with Gasteiger partial charge in [-0.05, 0) is 37.3 Å². The summed E-state index contributed by atoms with van der Waals surface area (Å²) in [6, 6.07) is 10.0. The molecule has 0 radical (unpaired) electrons. The Labute approximate surface area is 110 Å². The van der Waals surface area contributed by atoms with Crippen LogP contribution in [0, 0.1) is 6.92 Å². The van der Waals surface area contributed by atoms with Crippen molar-refractivity contribution in [1.29, 1.82) is 0 Å². The highest BCUT2D eigenvalue weighted by atomic mass is 16.5. The molecule has 1 N–H and O–H groups in total. The van der Waals surface area contributed by atoms with Gasteiger partial charge in [-0.15, -0.1) is 0 Å². The van der Waals surface area contributed by atoms with Gasteiger partial charge in [0.25, 0.3) is 0 Å². The number of aryl methyl sites for hydroxylation is 1. The van der Waals surface area contributed by atoms with Crippen LogP contribution in [0.5, 0.6) is 17.4 Å². The number of ether oxygens (including phenoxy) is 2. The van der Waals surface area contributed by atoms with Gasteiger partial charge in [-0.25, -0.2) is 9.78 Å². The van der Waals surface area contributed by atoms with Gasteiger partial charge in [0.1, 0.15) is 11.5 Å². The Balaban J connectivity index is 2.18. The number of methoxy groups -OCH3 is 1. The second-order valence-electron chi connectivity index (χ2n) is 3.87. The van der Waals surface area contributed by atoms with Crippen LogP contribution in [0.3, 0.4) is 0 Å². The Bertz CT molecular complexity index is 593. The molecule has 0 spiro atoms. The van der Waals surface area contributed by atoms with Crippen molar-refractivity contribution in [1.82, 2.24) is 4.98 Å². The Hall–Kier alpha value is -2.56. The summed E-state index contributed by atoms with van der Waals surface area (Å²) < 4.78 is 10.6. The Morgan fingerprint density at radius 2 is 1.74 bits per heavy atom. The molecular formula is C14H13NO4. The third kappa shape index (κ3) is 3.01. The Morgan fingerprint density at radius 1 is 1.11 bits per heavy atom. The summed E-state index contributed by atoms with van der Waals surface area (Å²) >= 11 is 0. The van der Waals surface area contributed by atoms with Gasteiger partial charge in [0, 0.05) is 6.07 Å². The molecule has 0 aliphatic carbocycles. The molecule has 0 amide bonds. The highest BCUT2D eigenvalue weighted by Gasteiger charge is 2.09. The minimum Gasteiger partial charge on any atom is -0.497 e. The van der Waals surface area contributed by atoms with Crippen LogP contribution in [-0.2, 0) is 0 Å². The molecule has 0 bridgehead atoms. The number of benzene rings is 1. The van der Waals surface area contributed by atoms with Gasteiger partial charge >= 0.3 is 5.97 Å². The fraction of sp³-hybridized carbons (Fsp3) is 0.143. The van der Waals surface area contributed by atoms with Crippen molar-refractivity contribution in [3.8, 4) is 17.4 Å². The Kier molecular flexibility index (Phi) is 3.66. The van der Waals surface area contributed by atoms with E-state index in [2.05, 4.69) is 4.98 Å².